The van der Waals surface area contributed by atoms with E-state index in [9.17, 15) is 4.79 Å². The molecule has 5 nitrogen and oxygen atoms in total. The van der Waals surface area contributed by atoms with Crippen molar-refractivity contribution in [2.45, 2.75) is 6.92 Å². The first-order valence-corrected chi connectivity index (χ1v) is 9.14. The van der Waals surface area contributed by atoms with E-state index in [1.54, 1.807) is 12.1 Å². The van der Waals surface area contributed by atoms with Gasteiger partial charge in [-0.05, 0) is 41.5 Å². The average Bonchev–Trinajstić information content (AvgIpc) is 3.22. The van der Waals surface area contributed by atoms with Crippen LogP contribution in [0.4, 0.5) is 0 Å². The Morgan fingerprint density at radius 1 is 1.00 bits per heavy atom. The Morgan fingerprint density at radius 2 is 1.75 bits per heavy atom. The molecule has 0 fully saturated rings. The highest BCUT2D eigenvalue weighted by Crippen LogP contribution is 2.26. The first-order chi connectivity index (χ1) is 13.6. The SMILES string of the molecule is C/C(=N/NC(=O)c1cc(-c2ccccc2Cl)n[nH]1)c1ccc2ccccc2c1. The van der Waals surface area contributed by atoms with Crippen LogP contribution in [0.2, 0.25) is 5.02 Å². The molecule has 0 radical (unpaired) electrons. The normalized spacial score (nSPS) is 11.6. The van der Waals surface area contributed by atoms with Crippen molar-refractivity contribution in [3.63, 3.8) is 0 Å². The molecular weight excluding hydrogens is 372 g/mol. The summed E-state index contributed by atoms with van der Waals surface area (Å²) in [7, 11) is 0. The molecule has 3 aromatic carbocycles. The molecule has 0 saturated carbocycles. The lowest BCUT2D eigenvalue weighted by Crippen LogP contribution is -2.19. The minimum Gasteiger partial charge on any atom is -0.272 e. The minimum atomic E-state index is -0.369. The van der Waals surface area contributed by atoms with Gasteiger partial charge in [0.2, 0.25) is 0 Å². The number of hydrogen-bond acceptors (Lipinski definition) is 3. The Hall–Kier alpha value is -3.44. The number of nitrogens with one attached hydrogen (secondary N) is 2. The fraction of sp³-hybridized carbons (Fsp3) is 0.0455. The largest absolute Gasteiger partial charge is 0.289 e. The molecule has 0 aliphatic carbocycles. The molecule has 4 aromatic rings. The smallest absolute Gasteiger partial charge is 0.272 e. The molecule has 28 heavy (non-hydrogen) atoms. The van der Waals surface area contributed by atoms with Crippen LogP contribution < -0.4 is 5.43 Å². The van der Waals surface area contributed by atoms with E-state index >= 15 is 0 Å². The van der Waals surface area contributed by atoms with E-state index < -0.39 is 0 Å². The number of carbonyl (C=O) groups excluding carboxylic acids is 1. The molecule has 0 aliphatic heterocycles. The van der Waals surface area contributed by atoms with Crippen LogP contribution in [0.25, 0.3) is 22.0 Å². The van der Waals surface area contributed by atoms with Crippen LogP contribution in [0.1, 0.15) is 23.0 Å². The number of fused-ring (bicyclic) bond motifs is 1. The van der Waals surface area contributed by atoms with Crippen LogP contribution in [0.3, 0.4) is 0 Å². The van der Waals surface area contributed by atoms with E-state index in [-0.39, 0.29) is 5.91 Å². The number of aromatic amines is 1. The van der Waals surface area contributed by atoms with Gasteiger partial charge in [0.15, 0.2) is 0 Å². The van der Waals surface area contributed by atoms with Gasteiger partial charge in [0.05, 0.1) is 16.4 Å². The number of nitrogens with zero attached hydrogens (tertiary/aromatic N) is 2. The van der Waals surface area contributed by atoms with Crippen LogP contribution in [0.15, 0.2) is 77.9 Å². The van der Waals surface area contributed by atoms with Crippen LogP contribution in [-0.4, -0.2) is 21.8 Å². The van der Waals surface area contributed by atoms with E-state index in [1.807, 2.05) is 61.5 Å². The third kappa shape index (κ3) is 3.66. The number of benzene rings is 3. The zero-order valence-electron chi connectivity index (χ0n) is 15.1. The van der Waals surface area contributed by atoms with Gasteiger partial charge in [0.1, 0.15) is 5.69 Å². The Labute approximate surface area is 167 Å². The van der Waals surface area contributed by atoms with Crippen LogP contribution in [0, 0.1) is 0 Å². The Bertz CT molecular complexity index is 1200. The van der Waals surface area contributed by atoms with Crippen molar-refractivity contribution in [1.29, 1.82) is 0 Å². The molecule has 0 bridgehead atoms. The van der Waals surface area contributed by atoms with Crippen molar-refractivity contribution >= 4 is 34.0 Å². The molecule has 1 amide bonds. The van der Waals surface area contributed by atoms with E-state index in [2.05, 4.69) is 26.8 Å². The summed E-state index contributed by atoms with van der Waals surface area (Å²) < 4.78 is 0. The third-order valence-electron chi connectivity index (χ3n) is 4.46. The van der Waals surface area contributed by atoms with Gasteiger partial charge in [-0.25, -0.2) is 5.43 Å². The fourth-order valence-electron chi connectivity index (χ4n) is 2.92. The summed E-state index contributed by atoms with van der Waals surface area (Å²) in [5.41, 5.74) is 5.90. The minimum absolute atomic E-state index is 0.310. The van der Waals surface area contributed by atoms with Crippen molar-refractivity contribution in [2.75, 3.05) is 0 Å². The van der Waals surface area contributed by atoms with Crippen LogP contribution in [-0.2, 0) is 0 Å². The molecule has 4 rings (SSSR count). The zero-order chi connectivity index (χ0) is 19.5. The second-order valence-electron chi connectivity index (χ2n) is 6.35. The first kappa shape index (κ1) is 17.9. The molecule has 1 aromatic heterocycles. The summed E-state index contributed by atoms with van der Waals surface area (Å²) in [6.45, 7) is 1.85. The summed E-state index contributed by atoms with van der Waals surface area (Å²) in [6, 6.07) is 23.2. The van der Waals surface area contributed by atoms with Crippen molar-refractivity contribution in [2.24, 2.45) is 5.10 Å². The van der Waals surface area contributed by atoms with Crippen LogP contribution >= 0.6 is 11.6 Å². The number of amides is 1. The molecule has 0 aliphatic rings. The van der Waals surface area contributed by atoms with Gasteiger partial charge in [-0.15, -0.1) is 0 Å². The van der Waals surface area contributed by atoms with Crippen molar-refractivity contribution in [3.8, 4) is 11.3 Å². The quantitative estimate of drug-likeness (QED) is 0.380. The maximum atomic E-state index is 12.4. The summed E-state index contributed by atoms with van der Waals surface area (Å²) in [6.07, 6.45) is 0. The summed E-state index contributed by atoms with van der Waals surface area (Å²) in [5, 5.41) is 14.0. The predicted molar refractivity (Wildman–Crippen MR) is 113 cm³/mol. The third-order valence-corrected chi connectivity index (χ3v) is 4.79. The van der Waals surface area contributed by atoms with Crippen molar-refractivity contribution in [3.05, 3.63) is 89.1 Å². The number of hydrazone groups is 1. The second kappa shape index (κ2) is 7.66. The van der Waals surface area contributed by atoms with Gasteiger partial charge >= 0.3 is 0 Å². The highest BCUT2D eigenvalue weighted by atomic mass is 35.5. The maximum absolute atomic E-state index is 12.4. The van der Waals surface area contributed by atoms with Gasteiger partial charge in [-0.2, -0.15) is 10.2 Å². The van der Waals surface area contributed by atoms with Gasteiger partial charge in [0.25, 0.3) is 5.91 Å². The Balaban J connectivity index is 1.51. The standard InChI is InChI=1S/C22H17ClN4O/c1-14(16-11-10-15-6-2-3-7-17(15)12-16)24-27-22(28)21-13-20(25-26-21)18-8-4-5-9-19(18)23/h2-13H,1H3,(H,25,26)(H,27,28)/b24-14-. The van der Waals surface area contributed by atoms with E-state index in [4.69, 9.17) is 11.6 Å². The number of rotatable bonds is 4. The van der Waals surface area contributed by atoms with Crippen molar-refractivity contribution < 1.29 is 4.79 Å². The molecule has 0 saturated heterocycles. The second-order valence-corrected chi connectivity index (χ2v) is 6.75. The molecular formula is C22H17ClN4O. The number of carbonyl (C=O) groups is 1. The lowest BCUT2D eigenvalue weighted by Gasteiger charge is -2.04. The van der Waals surface area contributed by atoms with Crippen LogP contribution in [0.5, 0.6) is 0 Å². The zero-order valence-corrected chi connectivity index (χ0v) is 15.9. The lowest BCUT2D eigenvalue weighted by molar-refractivity contribution is 0.0950. The molecule has 2 N–H and O–H groups in total. The highest BCUT2D eigenvalue weighted by Gasteiger charge is 2.12. The van der Waals surface area contributed by atoms with Gasteiger partial charge in [0, 0.05) is 5.56 Å². The number of H-pyrrole nitrogens is 1. The monoisotopic (exact) mass is 388 g/mol. The predicted octanol–water partition coefficient (Wildman–Crippen LogP) is 5.04. The highest BCUT2D eigenvalue weighted by molar-refractivity contribution is 6.33. The molecule has 138 valence electrons. The lowest BCUT2D eigenvalue weighted by atomic mass is 10.0. The number of hydrogen-bond donors (Lipinski definition) is 2. The number of halogens is 1. The Kier molecular flexibility index (Phi) is 4.91. The van der Waals surface area contributed by atoms with E-state index in [0.717, 1.165) is 21.9 Å². The molecule has 6 heteroatoms. The molecule has 0 unspecified atom stereocenters. The van der Waals surface area contributed by atoms with E-state index in [0.29, 0.717) is 22.1 Å². The van der Waals surface area contributed by atoms with Gasteiger partial charge in [-0.1, -0.05) is 66.2 Å². The first-order valence-electron chi connectivity index (χ1n) is 8.76. The topological polar surface area (TPSA) is 70.1 Å². The molecule has 0 atom stereocenters. The van der Waals surface area contributed by atoms with E-state index in [1.165, 1.54) is 0 Å². The van der Waals surface area contributed by atoms with Gasteiger partial charge in [-0.3, -0.25) is 9.89 Å². The van der Waals surface area contributed by atoms with Gasteiger partial charge < -0.3 is 0 Å². The Morgan fingerprint density at radius 3 is 2.57 bits per heavy atom. The molecule has 0 spiro atoms. The summed E-state index contributed by atoms with van der Waals surface area (Å²) in [4.78, 5) is 12.4. The van der Waals surface area contributed by atoms with Crippen molar-refractivity contribution in [1.82, 2.24) is 15.6 Å². The number of aromatic nitrogens is 2. The summed E-state index contributed by atoms with van der Waals surface area (Å²) >= 11 is 6.18. The summed E-state index contributed by atoms with van der Waals surface area (Å²) in [5.74, 6) is -0.369. The molecule has 1 heterocycles. The average molecular weight is 389 g/mol. The maximum Gasteiger partial charge on any atom is 0.289 e. The fourth-order valence-corrected chi connectivity index (χ4v) is 3.15.